The van der Waals surface area contributed by atoms with Gasteiger partial charge in [0.1, 0.15) is 17.7 Å². The summed E-state index contributed by atoms with van der Waals surface area (Å²) in [5.41, 5.74) is 0.0336. The van der Waals surface area contributed by atoms with Gasteiger partial charge in [-0.25, -0.2) is 9.97 Å². The van der Waals surface area contributed by atoms with Crippen molar-refractivity contribution in [1.82, 2.24) is 15.0 Å². The molecule has 0 saturated heterocycles. The number of hydrogen-bond acceptors (Lipinski definition) is 7. The molecule has 2 aromatic heterocycles. The van der Waals surface area contributed by atoms with E-state index >= 15 is 0 Å². The number of carbonyl (C=O) groups is 1. The second-order valence-electron chi connectivity index (χ2n) is 6.09. The maximum absolute atomic E-state index is 13.9. The lowest BCUT2D eigenvalue weighted by atomic mass is 10.3. The SMILES string of the molecule is [2H]C([2H])([2H])Oc1cnc(NC(C)=O)cc1Nc1cc(OC2CC2)nc(C(C)(F)F)n1. The quantitative estimate of drug-likeness (QED) is 0.758. The van der Waals surface area contributed by atoms with E-state index in [1.165, 1.54) is 19.1 Å². The fraction of sp³-hybridized carbons (Fsp3) is 0.412. The van der Waals surface area contributed by atoms with Gasteiger partial charge < -0.3 is 20.1 Å². The number of anilines is 3. The third-order valence-corrected chi connectivity index (χ3v) is 3.45. The largest absolute Gasteiger partial charge is 0.493 e. The Hall–Kier alpha value is -3.04. The Balaban J connectivity index is 1.98. The van der Waals surface area contributed by atoms with E-state index in [1.54, 1.807) is 0 Å². The fourth-order valence-corrected chi connectivity index (χ4v) is 2.11. The summed E-state index contributed by atoms with van der Waals surface area (Å²) in [6.45, 7) is 1.92. The Morgan fingerprint density at radius 3 is 2.74 bits per heavy atom. The Labute approximate surface area is 158 Å². The van der Waals surface area contributed by atoms with Gasteiger partial charge in [0.05, 0.1) is 23.0 Å². The molecule has 8 nitrogen and oxygen atoms in total. The van der Waals surface area contributed by atoms with E-state index in [9.17, 15) is 13.6 Å². The van der Waals surface area contributed by atoms with Crippen LogP contribution in [0, 0.1) is 0 Å². The third-order valence-electron chi connectivity index (χ3n) is 3.45. The average Bonchev–Trinajstić information content (AvgIpc) is 3.38. The van der Waals surface area contributed by atoms with Crippen molar-refractivity contribution in [2.24, 2.45) is 0 Å². The number of hydrogen-bond donors (Lipinski definition) is 2. The van der Waals surface area contributed by atoms with Crippen molar-refractivity contribution in [3.63, 3.8) is 0 Å². The number of aromatic nitrogens is 3. The molecule has 0 unspecified atom stereocenters. The highest BCUT2D eigenvalue weighted by Gasteiger charge is 2.31. The predicted octanol–water partition coefficient (Wildman–Crippen LogP) is 3.24. The monoisotopic (exact) mass is 382 g/mol. The Morgan fingerprint density at radius 2 is 2.11 bits per heavy atom. The van der Waals surface area contributed by atoms with Crippen LogP contribution in [0.4, 0.5) is 26.1 Å². The molecule has 1 amide bonds. The van der Waals surface area contributed by atoms with Crippen LogP contribution in [0.25, 0.3) is 0 Å². The summed E-state index contributed by atoms with van der Waals surface area (Å²) in [6, 6.07) is 2.60. The normalized spacial score (nSPS) is 15.9. The Morgan fingerprint density at radius 1 is 1.33 bits per heavy atom. The van der Waals surface area contributed by atoms with E-state index in [2.05, 4.69) is 25.6 Å². The molecule has 3 rings (SSSR count). The number of alkyl halides is 2. The predicted molar refractivity (Wildman–Crippen MR) is 93.6 cm³/mol. The van der Waals surface area contributed by atoms with Crippen LogP contribution in [0.1, 0.15) is 36.6 Å². The highest BCUT2D eigenvalue weighted by Crippen LogP contribution is 2.33. The van der Waals surface area contributed by atoms with Crippen LogP contribution < -0.4 is 20.1 Å². The lowest BCUT2D eigenvalue weighted by molar-refractivity contribution is -0.114. The number of nitrogens with zero attached hydrogens (tertiary/aromatic N) is 3. The molecule has 2 N–H and O–H groups in total. The second-order valence-corrected chi connectivity index (χ2v) is 6.09. The van der Waals surface area contributed by atoms with Gasteiger partial charge in [0, 0.05) is 26.0 Å². The van der Waals surface area contributed by atoms with Crippen molar-refractivity contribution in [3.8, 4) is 11.6 Å². The number of amides is 1. The van der Waals surface area contributed by atoms with Crippen LogP contribution in [0.3, 0.4) is 0 Å². The Bertz CT molecular complexity index is 949. The molecule has 0 atom stereocenters. The number of rotatable bonds is 7. The highest BCUT2D eigenvalue weighted by molar-refractivity contribution is 5.88. The molecule has 10 heteroatoms. The molecular formula is C17H19F2N5O3. The van der Waals surface area contributed by atoms with E-state index in [4.69, 9.17) is 13.6 Å². The first-order valence-electron chi connectivity index (χ1n) is 9.57. The number of pyridine rings is 1. The van der Waals surface area contributed by atoms with Gasteiger partial charge in [0.15, 0.2) is 5.75 Å². The molecule has 2 aromatic rings. The molecule has 2 heterocycles. The lowest BCUT2D eigenvalue weighted by Crippen LogP contribution is -2.15. The molecule has 27 heavy (non-hydrogen) atoms. The number of carbonyl (C=O) groups excluding carboxylic acids is 1. The molecule has 0 bridgehead atoms. The van der Waals surface area contributed by atoms with E-state index in [0.29, 0.717) is 6.92 Å². The summed E-state index contributed by atoms with van der Waals surface area (Å²) in [5, 5.41) is 5.16. The molecule has 1 saturated carbocycles. The van der Waals surface area contributed by atoms with E-state index in [-0.39, 0.29) is 35.1 Å². The summed E-state index contributed by atoms with van der Waals surface area (Å²) in [5.74, 6) is -4.74. The number of halogens is 2. The molecule has 0 aromatic carbocycles. The number of methoxy groups -OCH3 is 1. The molecule has 144 valence electrons. The maximum Gasteiger partial charge on any atom is 0.304 e. The molecule has 0 aliphatic heterocycles. The molecule has 1 aliphatic rings. The minimum Gasteiger partial charge on any atom is -0.493 e. The van der Waals surface area contributed by atoms with Gasteiger partial charge in [-0.05, 0) is 12.8 Å². The number of nitrogens with one attached hydrogen (secondary N) is 2. The fourth-order valence-electron chi connectivity index (χ4n) is 2.11. The topological polar surface area (TPSA) is 98.3 Å². The van der Waals surface area contributed by atoms with Crippen LogP contribution in [-0.4, -0.2) is 34.0 Å². The summed E-state index contributed by atoms with van der Waals surface area (Å²) in [6.07, 6.45) is 2.59. The van der Waals surface area contributed by atoms with Crippen molar-refractivity contribution in [3.05, 3.63) is 24.2 Å². The summed E-state index contributed by atoms with van der Waals surface area (Å²) < 4.78 is 60.0. The Kier molecular flexibility index (Phi) is 4.07. The van der Waals surface area contributed by atoms with Crippen molar-refractivity contribution < 1.29 is 27.2 Å². The van der Waals surface area contributed by atoms with Crippen LogP contribution in [0.2, 0.25) is 0 Å². The first-order chi connectivity index (χ1) is 13.9. The van der Waals surface area contributed by atoms with Gasteiger partial charge >= 0.3 is 5.92 Å². The van der Waals surface area contributed by atoms with Gasteiger partial charge in [-0.1, -0.05) is 0 Å². The lowest BCUT2D eigenvalue weighted by Gasteiger charge is -2.15. The van der Waals surface area contributed by atoms with Gasteiger partial charge in [-0.2, -0.15) is 13.8 Å². The molecular weight excluding hydrogens is 360 g/mol. The number of ether oxygens (including phenoxy) is 2. The van der Waals surface area contributed by atoms with Crippen molar-refractivity contribution >= 4 is 23.2 Å². The minimum atomic E-state index is -3.34. The van der Waals surface area contributed by atoms with Gasteiger partial charge in [-0.3, -0.25) is 4.79 Å². The van der Waals surface area contributed by atoms with E-state index in [0.717, 1.165) is 19.0 Å². The standard InChI is InChI=1S/C17H19F2N5O3/c1-9(25)21-13-6-11(12(26-3)8-20-13)22-14-7-15(27-10-4-5-10)24-16(23-14)17(2,18)19/h6-8,10H,4-5H2,1-3H3,(H2,20,21,22,23,24,25)/i3D3. The van der Waals surface area contributed by atoms with Gasteiger partial charge in [0.25, 0.3) is 0 Å². The molecule has 0 radical (unpaired) electrons. The van der Waals surface area contributed by atoms with Gasteiger partial charge in [-0.15, -0.1) is 0 Å². The van der Waals surface area contributed by atoms with Crippen LogP contribution in [0.15, 0.2) is 18.3 Å². The zero-order valence-corrected chi connectivity index (χ0v) is 14.5. The zero-order valence-electron chi connectivity index (χ0n) is 17.5. The first-order valence-corrected chi connectivity index (χ1v) is 8.07. The van der Waals surface area contributed by atoms with Crippen molar-refractivity contribution in [2.45, 2.75) is 38.7 Å². The van der Waals surface area contributed by atoms with Crippen LogP contribution in [0.5, 0.6) is 11.6 Å². The molecule has 1 fully saturated rings. The zero-order chi connectivity index (χ0) is 22.1. The minimum absolute atomic E-state index is 0.0336. The molecule has 1 aliphatic carbocycles. The highest BCUT2D eigenvalue weighted by atomic mass is 19.3. The van der Waals surface area contributed by atoms with Crippen molar-refractivity contribution in [1.29, 1.82) is 0 Å². The van der Waals surface area contributed by atoms with Crippen LogP contribution >= 0.6 is 0 Å². The average molecular weight is 382 g/mol. The molecule has 0 spiro atoms. The van der Waals surface area contributed by atoms with Gasteiger partial charge in [0.2, 0.25) is 17.6 Å². The first kappa shape index (κ1) is 15.1. The summed E-state index contributed by atoms with van der Waals surface area (Å²) in [4.78, 5) is 22.7. The summed E-state index contributed by atoms with van der Waals surface area (Å²) in [7, 11) is -2.79. The summed E-state index contributed by atoms with van der Waals surface area (Å²) >= 11 is 0. The van der Waals surface area contributed by atoms with E-state index < -0.39 is 24.7 Å². The smallest absolute Gasteiger partial charge is 0.304 e. The second kappa shape index (κ2) is 7.29. The van der Waals surface area contributed by atoms with Crippen molar-refractivity contribution in [2.75, 3.05) is 17.7 Å². The maximum atomic E-state index is 13.9. The third kappa shape index (κ3) is 4.99. The van der Waals surface area contributed by atoms with E-state index in [1.807, 2.05) is 0 Å². The van der Waals surface area contributed by atoms with Crippen LogP contribution in [-0.2, 0) is 10.7 Å².